The number of esters is 1. The van der Waals surface area contributed by atoms with Gasteiger partial charge in [0.1, 0.15) is 23.6 Å². The molecular weight excluding hydrogens is 270 g/mol. The molecular formula is C16H25NO4. The van der Waals surface area contributed by atoms with Crippen molar-refractivity contribution in [3.63, 3.8) is 0 Å². The maximum atomic E-state index is 11.8. The molecule has 0 aliphatic carbocycles. The summed E-state index contributed by atoms with van der Waals surface area (Å²) in [6.45, 7) is 10.6. The minimum Gasteiger partial charge on any atom is -0.494 e. The molecule has 0 fully saturated rings. The summed E-state index contributed by atoms with van der Waals surface area (Å²) < 4.78 is 16.3. The molecule has 0 unspecified atom stereocenters. The predicted molar refractivity (Wildman–Crippen MR) is 83.1 cm³/mol. The SMILES string of the molecule is CCOc1ccc(OCC)c(NCC(=O)OC(C)(C)C)c1. The van der Waals surface area contributed by atoms with Crippen molar-refractivity contribution in [3.8, 4) is 11.5 Å². The highest BCUT2D eigenvalue weighted by Crippen LogP contribution is 2.29. The standard InChI is InChI=1S/C16H25NO4/c1-6-19-12-8-9-14(20-7-2)13(10-12)17-11-15(18)21-16(3,4)5/h8-10,17H,6-7,11H2,1-5H3. The molecule has 0 saturated carbocycles. The third-order valence-electron chi connectivity index (χ3n) is 2.41. The van der Waals surface area contributed by atoms with Crippen LogP contribution in [0.25, 0.3) is 0 Å². The van der Waals surface area contributed by atoms with E-state index in [1.165, 1.54) is 0 Å². The van der Waals surface area contributed by atoms with Crippen molar-refractivity contribution in [3.05, 3.63) is 18.2 Å². The Morgan fingerprint density at radius 1 is 1.14 bits per heavy atom. The molecule has 118 valence electrons. The van der Waals surface area contributed by atoms with Gasteiger partial charge >= 0.3 is 5.97 Å². The first-order valence-corrected chi connectivity index (χ1v) is 7.21. The van der Waals surface area contributed by atoms with E-state index in [1.54, 1.807) is 0 Å². The van der Waals surface area contributed by atoms with E-state index < -0.39 is 5.60 Å². The summed E-state index contributed by atoms with van der Waals surface area (Å²) >= 11 is 0. The average Bonchev–Trinajstić information content (AvgIpc) is 2.37. The molecule has 1 aromatic rings. The fraction of sp³-hybridized carbons (Fsp3) is 0.562. The maximum absolute atomic E-state index is 11.8. The van der Waals surface area contributed by atoms with Gasteiger partial charge in [-0.15, -0.1) is 0 Å². The van der Waals surface area contributed by atoms with Crippen molar-refractivity contribution in [1.29, 1.82) is 0 Å². The number of carbonyl (C=O) groups is 1. The van der Waals surface area contributed by atoms with Crippen LogP contribution in [0.1, 0.15) is 34.6 Å². The van der Waals surface area contributed by atoms with Crippen LogP contribution in [0.3, 0.4) is 0 Å². The van der Waals surface area contributed by atoms with Gasteiger partial charge in [-0.05, 0) is 46.8 Å². The van der Waals surface area contributed by atoms with Gasteiger partial charge in [-0.2, -0.15) is 0 Å². The van der Waals surface area contributed by atoms with Gasteiger partial charge in [-0.25, -0.2) is 0 Å². The second-order valence-electron chi connectivity index (χ2n) is 5.46. The number of nitrogens with one attached hydrogen (secondary N) is 1. The second kappa shape index (κ2) is 7.76. The van der Waals surface area contributed by atoms with Crippen LogP contribution in [0, 0.1) is 0 Å². The fourth-order valence-corrected chi connectivity index (χ4v) is 1.73. The second-order valence-corrected chi connectivity index (χ2v) is 5.46. The number of anilines is 1. The Hall–Kier alpha value is -1.91. The molecule has 1 N–H and O–H groups in total. The predicted octanol–water partition coefficient (Wildman–Crippen LogP) is 3.24. The first kappa shape index (κ1) is 17.1. The summed E-state index contributed by atoms with van der Waals surface area (Å²) in [5.41, 5.74) is 0.225. The molecule has 0 bridgehead atoms. The minimum absolute atomic E-state index is 0.0763. The Balaban J connectivity index is 2.74. The highest BCUT2D eigenvalue weighted by Gasteiger charge is 2.16. The van der Waals surface area contributed by atoms with Crippen molar-refractivity contribution in [2.24, 2.45) is 0 Å². The molecule has 0 atom stereocenters. The first-order valence-electron chi connectivity index (χ1n) is 7.21. The molecule has 0 aliphatic heterocycles. The Kier molecular flexibility index (Phi) is 6.34. The first-order chi connectivity index (χ1) is 9.85. The van der Waals surface area contributed by atoms with E-state index in [4.69, 9.17) is 14.2 Å². The van der Waals surface area contributed by atoms with E-state index in [9.17, 15) is 4.79 Å². The third-order valence-corrected chi connectivity index (χ3v) is 2.41. The van der Waals surface area contributed by atoms with Gasteiger partial charge in [0.2, 0.25) is 0 Å². The molecule has 0 amide bonds. The fourth-order valence-electron chi connectivity index (χ4n) is 1.73. The Labute approximate surface area is 126 Å². The highest BCUT2D eigenvalue weighted by atomic mass is 16.6. The molecule has 21 heavy (non-hydrogen) atoms. The molecule has 0 spiro atoms. The molecule has 5 nitrogen and oxygen atoms in total. The van der Waals surface area contributed by atoms with Crippen LogP contribution < -0.4 is 14.8 Å². The van der Waals surface area contributed by atoms with E-state index in [2.05, 4.69) is 5.32 Å². The third kappa shape index (κ3) is 6.38. The Morgan fingerprint density at radius 2 is 1.81 bits per heavy atom. The molecule has 1 rings (SSSR count). The van der Waals surface area contributed by atoms with E-state index in [0.29, 0.717) is 24.7 Å². The Bertz CT molecular complexity index is 466. The van der Waals surface area contributed by atoms with Crippen LogP contribution in [-0.2, 0) is 9.53 Å². The topological polar surface area (TPSA) is 56.8 Å². The van der Waals surface area contributed by atoms with Gasteiger partial charge in [0.05, 0.1) is 18.9 Å². The monoisotopic (exact) mass is 295 g/mol. The van der Waals surface area contributed by atoms with Crippen LogP contribution >= 0.6 is 0 Å². The molecule has 0 radical (unpaired) electrons. The summed E-state index contributed by atoms with van der Waals surface area (Å²) in [6, 6.07) is 5.48. The summed E-state index contributed by atoms with van der Waals surface area (Å²) in [4.78, 5) is 11.8. The van der Waals surface area contributed by atoms with E-state index in [1.807, 2.05) is 52.8 Å². The normalized spacial score (nSPS) is 10.9. The van der Waals surface area contributed by atoms with E-state index in [0.717, 1.165) is 5.75 Å². The van der Waals surface area contributed by atoms with Gasteiger partial charge in [0.25, 0.3) is 0 Å². The molecule has 1 aromatic carbocycles. The zero-order chi connectivity index (χ0) is 15.9. The lowest BCUT2D eigenvalue weighted by atomic mass is 10.2. The van der Waals surface area contributed by atoms with E-state index >= 15 is 0 Å². The van der Waals surface area contributed by atoms with Gasteiger partial charge in [-0.1, -0.05) is 0 Å². The summed E-state index contributed by atoms with van der Waals surface area (Å²) in [6.07, 6.45) is 0. The van der Waals surface area contributed by atoms with Gasteiger partial charge in [0.15, 0.2) is 0 Å². The van der Waals surface area contributed by atoms with Crippen molar-refractivity contribution in [2.45, 2.75) is 40.2 Å². The number of benzene rings is 1. The molecule has 0 saturated heterocycles. The largest absolute Gasteiger partial charge is 0.494 e. The zero-order valence-corrected chi connectivity index (χ0v) is 13.5. The van der Waals surface area contributed by atoms with Crippen molar-refractivity contribution in [1.82, 2.24) is 0 Å². The zero-order valence-electron chi connectivity index (χ0n) is 13.5. The van der Waals surface area contributed by atoms with Crippen LogP contribution in [0.5, 0.6) is 11.5 Å². The Morgan fingerprint density at radius 3 is 2.38 bits per heavy atom. The molecule has 5 heteroatoms. The van der Waals surface area contributed by atoms with Crippen LogP contribution in [0.2, 0.25) is 0 Å². The van der Waals surface area contributed by atoms with Crippen LogP contribution in [0.4, 0.5) is 5.69 Å². The van der Waals surface area contributed by atoms with Gasteiger partial charge < -0.3 is 19.5 Å². The van der Waals surface area contributed by atoms with Crippen LogP contribution in [0.15, 0.2) is 18.2 Å². The summed E-state index contributed by atoms with van der Waals surface area (Å²) in [5.74, 6) is 1.10. The number of hydrogen-bond acceptors (Lipinski definition) is 5. The number of rotatable bonds is 7. The lowest BCUT2D eigenvalue weighted by molar-refractivity contribution is -0.152. The summed E-state index contributed by atoms with van der Waals surface area (Å²) in [5, 5.41) is 3.04. The average molecular weight is 295 g/mol. The van der Waals surface area contributed by atoms with E-state index in [-0.39, 0.29) is 12.5 Å². The van der Waals surface area contributed by atoms with Crippen molar-refractivity contribution < 1.29 is 19.0 Å². The number of ether oxygens (including phenoxy) is 3. The van der Waals surface area contributed by atoms with Gasteiger partial charge in [0, 0.05) is 6.07 Å². The van der Waals surface area contributed by atoms with Crippen molar-refractivity contribution in [2.75, 3.05) is 25.1 Å². The smallest absolute Gasteiger partial charge is 0.325 e. The number of hydrogen-bond donors (Lipinski definition) is 1. The molecule has 0 aromatic heterocycles. The highest BCUT2D eigenvalue weighted by molar-refractivity contribution is 5.76. The van der Waals surface area contributed by atoms with Crippen molar-refractivity contribution >= 4 is 11.7 Å². The summed E-state index contributed by atoms with van der Waals surface area (Å²) in [7, 11) is 0. The van der Waals surface area contributed by atoms with Crippen LogP contribution in [-0.4, -0.2) is 31.3 Å². The number of carbonyl (C=O) groups excluding carboxylic acids is 1. The lowest BCUT2D eigenvalue weighted by Crippen LogP contribution is -2.28. The minimum atomic E-state index is -0.491. The quantitative estimate of drug-likeness (QED) is 0.783. The molecule has 0 heterocycles. The van der Waals surface area contributed by atoms with Gasteiger partial charge in [-0.3, -0.25) is 4.79 Å². The maximum Gasteiger partial charge on any atom is 0.325 e. The molecule has 0 aliphatic rings. The lowest BCUT2D eigenvalue weighted by Gasteiger charge is -2.20.